The van der Waals surface area contributed by atoms with E-state index >= 15 is 0 Å². The minimum atomic E-state index is -0.802. The van der Waals surface area contributed by atoms with Crippen LogP contribution in [0.4, 0.5) is 0 Å². The van der Waals surface area contributed by atoms with E-state index in [9.17, 15) is 10.2 Å². The van der Waals surface area contributed by atoms with Gasteiger partial charge in [0.1, 0.15) is 0 Å². The first-order valence-corrected chi connectivity index (χ1v) is 12.1. The van der Waals surface area contributed by atoms with Gasteiger partial charge >= 0.3 is 0 Å². The van der Waals surface area contributed by atoms with Crippen LogP contribution in [-0.4, -0.2) is 59.5 Å². The van der Waals surface area contributed by atoms with Gasteiger partial charge in [0.05, 0.1) is 43.5 Å². The van der Waals surface area contributed by atoms with Crippen molar-refractivity contribution in [3.8, 4) is 0 Å². The SMILES string of the molecule is C[C@]12CCC3C(C[C@@H]4OC[C@@]35CC[C@H](O)C[C@]45Cl)C1CC[C@@H]2C1(CO)OCCO1. The van der Waals surface area contributed by atoms with E-state index < -0.39 is 5.79 Å². The molecule has 2 bridgehead atoms. The Labute approximate surface area is 178 Å². The van der Waals surface area contributed by atoms with E-state index in [1.165, 1.54) is 6.42 Å². The third kappa shape index (κ3) is 2.30. The topological polar surface area (TPSA) is 68.2 Å². The number of aliphatic hydroxyl groups is 2. The first-order valence-electron chi connectivity index (χ1n) is 11.8. The maximum Gasteiger partial charge on any atom is 0.195 e. The van der Waals surface area contributed by atoms with Crippen molar-refractivity contribution >= 4 is 11.6 Å². The van der Waals surface area contributed by atoms with E-state index in [2.05, 4.69) is 6.92 Å². The summed E-state index contributed by atoms with van der Waals surface area (Å²) in [5.74, 6) is 1.25. The lowest BCUT2D eigenvalue weighted by atomic mass is 9.44. The number of alkyl halides is 1. The molecule has 2 aliphatic heterocycles. The Morgan fingerprint density at radius 2 is 1.83 bits per heavy atom. The normalized spacial score (nSPS) is 57.9. The quantitative estimate of drug-likeness (QED) is 0.664. The summed E-state index contributed by atoms with van der Waals surface area (Å²) in [4.78, 5) is -0.387. The van der Waals surface area contributed by atoms with Crippen LogP contribution in [-0.2, 0) is 14.2 Å². The molecule has 5 nitrogen and oxygen atoms in total. The minimum absolute atomic E-state index is 0.0236. The highest BCUT2D eigenvalue weighted by atomic mass is 35.5. The molecule has 4 aliphatic carbocycles. The summed E-state index contributed by atoms with van der Waals surface area (Å²) < 4.78 is 18.5. The van der Waals surface area contributed by atoms with E-state index in [-0.39, 0.29) is 40.4 Å². The summed E-state index contributed by atoms with van der Waals surface area (Å²) in [6.45, 7) is 4.32. The van der Waals surface area contributed by atoms with Crippen LogP contribution in [0.2, 0.25) is 0 Å². The van der Waals surface area contributed by atoms with Gasteiger partial charge in [0.2, 0.25) is 0 Å². The number of halogens is 1. The zero-order chi connectivity index (χ0) is 20.1. The van der Waals surface area contributed by atoms with Crippen molar-refractivity contribution in [1.29, 1.82) is 0 Å². The van der Waals surface area contributed by atoms with Crippen molar-refractivity contribution in [3.05, 3.63) is 0 Å². The molecule has 0 spiro atoms. The first kappa shape index (κ1) is 19.8. The molecule has 6 rings (SSSR count). The van der Waals surface area contributed by atoms with Crippen molar-refractivity contribution in [2.24, 2.45) is 34.5 Å². The van der Waals surface area contributed by atoms with Crippen LogP contribution in [0, 0.1) is 34.5 Å². The molecule has 2 saturated heterocycles. The van der Waals surface area contributed by atoms with Gasteiger partial charge < -0.3 is 24.4 Å². The first-order chi connectivity index (χ1) is 13.9. The number of aliphatic hydroxyl groups excluding tert-OH is 2. The molecule has 9 atom stereocenters. The Balaban J connectivity index is 1.34. The molecule has 0 aromatic rings. The number of hydrogen-bond acceptors (Lipinski definition) is 5. The molecule has 0 aromatic heterocycles. The van der Waals surface area contributed by atoms with Crippen LogP contribution >= 0.6 is 11.6 Å². The van der Waals surface area contributed by atoms with Gasteiger partial charge in [-0.1, -0.05) is 6.92 Å². The Hall–Kier alpha value is 0.0900. The van der Waals surface area contributed by atoms with E-state index in [1.807, 2.05) is 0 Å². The predicted octanol–water partition coefficient (Wildman–Crippen LogP) is 3.09. The second-order valence-electron chi connectivity index (χ2n) is 11.2. The van der Waals surface area contributed by atoms with Gasteiger partial charge in [0.15, 0.2) is 5.79 Å². The molecule has 0 amide bonds. The fourth-order valence-corrected chi connectivity index (χ4v) is 9.93. The van der Waals surface area contributed by atoms with E-state index in [4.69, 9.17) is 25.8 Å². The zero-order valence-corrected chi connectivity index (χ0v) is 18.2. The minimum Gasteiger partial charge on any atom is -0.393 e. The fraction of sp³-hybridized carbons (Fsp3) is 1.00. The average molecular weight is 427 g/mol. The summed E-state index contributed by atoms with van der Waals surface area (Å²) in [5, 5.41) is 20.6. The Kier molecular flexibility index (Phi) is 4.31. The van der Waals surface area contributed by atoms with Gasteiger partial charge in [-0.15, -0.1) is 11.6 Å². The molecule has 6 fully saturated rings. The van der Waals surface area contributed by atoms with Gasteiger partial charge in [-0.2, -0.15) is 0 Å². The lowest BCUT2D eigenvalue weighted by Crippen LogP contribution is -2.64. The molecule has 6 aliphatic rings. The van der Waals surface area contributed by atoms with Crippen molar-refractivity contribution < 1.29 is 24.4 Å². The van der Waals surface area contributed by atoms with Crippen LogP contribution in [0.15, 0.2) is 0 Å². The molecule has 2 N–H and O–H groups in total. The second kappa shape index (κ2) is 6.32. The summed E-state index contributed by atoms with van der Waals surface area (Å²) in [6, 6.07) is 0. The maximum atomic E-state index is 10.4. The van der Waals surface area contributed by atoms with Crippen molar-refractivity contribution in [2.45, 2.75) is 81.2 Å². The van der Waals surface area contributed by atoms with Gasteiger partial charge in [-0.05, 0) is 74.5 Å². The van der Waals surface area contributed by atoms with Gasteiger partial charge in [0, 0.05) is 11.3 Å². The monoisotopic (exact) mass is 426 g/mol. The molecule has 4 saturated carbocycles. The average Bonchev–Trinajstić information content (AvgIpc) is 3.34. The third-order valence-corrected chi connectivity index (χ3v) is 11.3. The molecule has 6 heteroatoms. The van der Waals surface area contributed by atoms with E-state index in [0.717, 1.165) is 45.1 Å². The molecular weight excluding hydrogens is 392 g/mol. The summed E-state index contributed by atoms with van der Waals surface area (Å²) in [5.41, 5.74) is 0.153. The standard InChI is InChI=1S/C23H35ClO5/c1-20-6-5-17-15(16(20)2-3-18(20)23(12-25)28-8-9-29-23)10-19-22(24)11-14(26)4-7-21(17,22)13-27-19/h14-19,25-26H,2-13H2,1H3/t14-,15?,16?,17?,18-,19-,20-,21-,22-/m0/s1. The van der Waals surface area contributed by atoms with E-state index in [1.54, 1.807) is 0 Å². The van der Waals surface area contributed by atoms with Crippen molar-refractivity contribution in [2.75, 3.05) is 26.4 Å². The number of hydrogen-bond donors (Lipinski definition) is 2. The number of ether oxygens (including phenoxy) is 3. The lowest BCUT2D eigenvalue weighted by Gasteiger charge is -2.62. The van der Waals surface area contributed by atoms with Crippen LogP contribution < -0.4 is 0 Å². The second-order valence-corrected chi connectivity index (χ2v) is 11.8. The Morgan fingerprint density at radius 1 is 1.03 bits per heavy atom. The predicted molar refractivity (Wildman–Crippen MR) is 107 cm³/mol. The fourth-order valence-electron chi connectivity index (χ4n) is 9.31. The molecule has 29 heavy (non-hydrogen) atoms. The Bertz CT molecular complexity index is 682. The smallest absolute Gasteiger partial charge is 0.195 e. The number of rotatable bonds is 2. The molecule has 3 unspecified atom stereocenters. The van der Waals surface area contributed by atoms with Crippen molar-refractivity contribution in [1.82, 2.24) is 0 Å². The largest absolute Gasteiger partial charge is 0.393 e. The molecule has 0 aromatic carbocycles. The Morgan fingerprint density at radius 3 is 2.59 bits per heavy atom. The van der Waals surface area contributed by atoms with E-state index in [0.29, 0.717) is 37.4 Å². The zero-order valence-electron chi connectivity index (χ0n) is 17.4. The maximum absolute atomic E-state index is 10.4. The summed E-state index contributed by atoms with van der Waals surface area (Å²) >= 11 is 7.34. The molecule has 164 valence electrons. The van der Waals surface area contributed by atoms with Gasteiger partial charge in [-0.3, -0.25) is 0 Å². The van der Waals surface area contributed by atoms with Crippen LogP contribution in [0.25, 0.3) is 0 Å². The highest BCUT2D eigenvalue weighted by molar-refractivity contribution is 6.25. The third-order valence-electron chi connectivity index (χ3n) is 10.5. The van der Waals surface area contributed by atoms with Gasteiger partial charge in [-0.25, -0.2) is 0 Å². The lowest BCUT2D eigenvalue weighted by molar-refractivity contribution is -0.246. The van der Waals surface area contributed by atoms with Gasteiger partial charge in [0.25, 0.3) is 0 Å². The summed E-state index contributed by atoms with van der Waals surface area (Å²) in [7, 11) is 0. The highest BCUT2D eigenvalue weighted by Gasteiger charge is 2.73. The van der Waals surface area contributed by atoms with Crippen LogP contribution in [0.1, 0.15) is 58.3 Å². The van der Waals surface area contributed by atoms with Crippen LogP contribution in [0.3, 0.4) is 0 Å². The van der Waals surface area contributed by atoms with Crippen LogP contribution in [0.5, 0.6) is 0 Å². The molecule has 2 heterocycles. The summed E-state index contributed by atoms with van der Waals surface area (Å²) in [6.07, 6.45) is 7.87. The molecule has 0 radical (unpaired) electrons. The number of fused-ring (bicyclic) bond motifs is 3. The van der Waals surface area contributed by atoms with Crippen molar-refractivity contribution in [3.63, 3.8) is 0 Å². The molecular formula is C23H35ClO5. The highest BCUT2D eigenvalue weighted by Crippen LogP contribution is 2.73.